The molecule has 0 saturated heterocycles. The number of nitrogens with two attached hydrogens (primary N) is 1. The number of hydrogen-bond acceptors (Lipinski definition) is 2. The van der Waals surface area contributed by atoms with Crippen molar-refractivity contribution in [3.05, 3.63) is 23.8 Å². The number of anilines is 1. The third kappa shape index (κ3) is 3.82. The van der Waals surface area contributed by atoms with Gasteiger partial charge in [-0.3, -0.25) is 0 Å². The second-order valence-electron chi connectivity index (χ2n) is 4.35. The van der Waals surface area contributed by atoms with Gasteiger partial charge in [0.25, 0.3) is 0 Å². The molecule has 0 saturated carbocycles. The molecule has 1 aromatic rings. The van der Waals surface area contributed by atoms with Gasteiger partial charge in [0.1, 0.15) is 5.75 Å². The summed E-state index contributed by atoms with van der Waals surface area (Å²) < 4.78 is 5.69. The van der Waals surface area contributed by atoms with Crippen molar-refractivity contribution in [2.45, 2.75) is 33.6 Å². The third-order valence-corrected chi connectivity index (χ3v) is 2.51. The van der Waals surface area contributed by atoms with Crippen molar-refractivity contribution in [2.75, 3.05) is 12.3 Å². The van der Waals surface area contributed by atoms with Crippen molar-refractivity contribution >= 4 is 5.69 Å². The lowest BCUT2D eigenvalue weighted by Gasteiger charge is -2.11. The Morgan fingerprint density at radius 2 is 2.07 bits per heavy atom. The highest BCUT2D eigenvalue weighted by Gasteiger charge is 2.02. The smallest absolute Gasteiger partial charge is 0.124 e. The van der Waals surface area contributed by atoms with Crippen molar-refractivity contribution in [1.82, 2.24) is 0 Å². The van der Waals surface area contributed by atoms with E-state index in [4.69, 9.17) is 10.5 Å². The quantitative estimate of drug-likeness (QED) is 0.593. The Morgan fingerprint density at radius 1 is 1.33 bits per heavy atom. The average Bonchev–Trinajstić information content (AvgIpc) is 2.18. The monoisotopic (exact) mass is 207 g/mol. The van der Waals surface area contributed by atoms with E-state index < -0.39 is 0 Å². The van der Waals surface area contributed by atoms with E-state index in [1.54, 1.807) is 0 Å². The predicted molar refractivity (Wildman–Crippen MR) is 65.2 cm³/mol. The molecule has 1 rings (SSSR count). The van der Waals surface area contributed by atoms with Gasteiger partial charge in [-0.15, -0.1) is 0 Å². The molecular weight excluding hydrogens is 186 g/mol. The van der Waals surface area contributed by atoms with Crippen molar-refractivity contribution < 1.29 is 4.74 Å². The summed E-state index contributed by atoms with van der Waals surface area (Å²) in [7, 11) is 0. The number of benzene rings is 1. The minimum atomic E-state index is 0.746. The molecule has 0 bridgehead atoms. The van der Waals surface area contributed by atoms with Gasteiger partial charge in [0, 0.05) is 11.3 Å². The van der Waals surface area contributed by atoms with Crippen LogP contribution in [-0.4, -0.2) is 6.61 Å². The standard InChI is InChI=1S/C13H21NO/c1-10(2)6-5-9-15-13-8-4-7-12(14)11(13)3/h4,7-8,10H,5-6,9,14H2,1-3H3. The van der Waals surface area contributed by atoms with Crippen molar-refractivity contribution in [3.63, 3.8) is 0 Å². The first kappa shape index (κ1) is 11.9. The number of hydrogen-bond donors (Lipinski definition) is 1. The van der Waals surface area contributed by atoms with Gasteiger partial charge in [0.2, 0.25) is 0 Å². The summed E-state index contributed by atoms with van der Waals surface area (Å²) >= 11 is 0. The molecule has 2 nitrogen and oxygen atoms in total. The summed E-state index contributed by atoms with van der Waals surface area (Å²) in [4.78, 5) is 0. The Hall–Kier alpha value is -1.18. The Labute approximate surface area is 92.4 Å². The van der Waals surface area contributed by atoms with E-state index in [2.05, 4.69) is 13.8 Å². The van der Waals surface area contributed by atoms with Crippen LogP contribution in [0.1, 0.15) is 32.3 Å². The lowest BCUT2D eigenvalue weighted by Crippen LogP contribution is -2.02. The maximum atomic E-state index is 5.79. The molecule has 0 unspecified atom stereocenters. The summed E-state index contributed by atoms with van der Waals surface area (Å²) in [6, 6.07) is 5.80. The highest BCUT2D eigenvalue weighted by molar-refractivity contribution is 5.53. The maximum Gasteiger partial charge on any atom is 0.124 e. The molecule has 0 aliphatic rings. The van der Waals surface area contributed by atoms with Crippen LogP contribution in [0.5, 0.6) is 5.75 Å². The van der Waals surface area contributed by atoms with Gasteiger partial charge in [0.05, 0.1) is 6.61 Å². The molecule has 0 radical (unpaired) electrons. The fraction of sp³-hybridized carbons (Fsp3) is 0.538. The highest BCUT2D eigenvalue weighted by Crippen LogP contribution is 2.23. The molecule has 0 spiro atoms. The Bertz CT molecular complexity index is 307. The van der Waals surface area contributed by atoms with E-state index >= 15 is 0 Å². The van der Waals surface area contributed by atoms with Crippen molar-refractivity contribution in [3.8, 4) is 5.75 Å². The van der Waals surface area contributed by atoms with Crippen molar-refractivity contribution in [1.29, 1.82) is 0 Å². The first-order valence-corrected chi connectivity index (χ1v) is 5.59. The van der Waals surface area contributed by atoms with Gasteiger partial charge < -0.3 is 10.5 Å². The van der Waals surface area contributed by atoms with E-state index in [0.29, 0.717) is 0 Å². The molecule has 1 aromatic carbocycles. The summed E-state index contributed by atoms with van der Waals surface area (Å²) in [6.07, 6.45) is 2.31. The summed E-state index contributed by atoms with van der Waals surface area (Å²) in [6.45, 7) is 7.23. The van der Waals surface area contributed by atoms with Crippen LogP contribution in [0.4, 0.5) is 5.69 Å². The molecule has 0 fully saturated rings. The Kier molecular flexibility index (Phi) is 4.47. The molecule has 0 aliphatic carbocycles. The van der Waals surface area contributed by atoms with Gasteiger partial charge in [-0.2, -0.15) is 0 Å². The Balaban J connectivity index is 2.41. The van der Waals surface area contributed by atoms with Gasteiger partial charge in [0.15, 0.2) is 0 Å². The van der Waals surface area contributed by atoms with Crippen LogP contribution in [0.15, 0.2) is 18.2 Å². The van der Waals surface area contributed by atoms with Crippen LogP contribution in [0.3, 0.4) is 0 Å². The van der Waals surface area contributed by atoms with Crippen LogP contribution < -0.4 is 10.5 Å². The minimum Gasteiger partial charge on any atom is -0.493 e. The van der Waals surface area contributed by atoms with Crippen LogP contribution >= 0.6 is 0 Å². The van der Waals surface area contributed by atoms with Crippen LogP contribution in [0.2, 0.25) is 0 Å². The first-order valence-electron chi connectivity index (χ1n) is 5.59. The second kappa shape index (κ2) is 5.64. The summed E-state index contributed by atoms with van der Waals surface area (Å²) in [5.41, 5.74) is 7.64. The van der Waals surface area contributed by atoms with Crippen LogP contribution in [0, 0.1) is 12.8 Å². The lowest BCUT2D eigenvalue weighted by atomic mass is 10.1. The second-order valence-corrected chi connectivity index (χ2v) is 4.35. The molecule has 2 N–H and O–H groups in total. The van der Waals surface area contributed by atoms with E-state index in [-0.39, 0.29) is 0 Å². The van der Waals surface area contributed by atoms with Gasteiger partial charge in [-0.1, -0.05) is 19.9 Å². The molecule has 15 heavy (non-hydrogen) atoms. The van der Waals surface area contributed by atoms with Crippen LogP contribution in [0.25, 0.3) is 0 Å². The summed E-state index contributed by atoms with van der Waals surface area (Å²) in [5.74, 6) is 1.66. The van der Waals surface area contributed by atoms with Gasteiger partial charge in [-0.25, -0.2) is 0 Å². The van der Waals surface area contributed by atoms with Crippen LogP contribution in [-0.2, 0) is 0 Å². The van der Waals surface area contributed by atoms with Gasteiger partial charge in [-0.05, 0) is 37.8 Å². The molecule has 0 amide bonds. The minimum absolute atomic E-state index is 0.746. The zero-order chi connectivity index (χ0) is 11.3. The molecule has 0 heterocycles. The lowest BCUT2D eigenvalue weighted by molar-refractivity contribution is 0.296. The molecule has 0 aliphatic heterocycles. The average molecular weight is 207 g/mol. The molecule has 84 valence electrons. The summed E-state index contributed by atoms with van der Waals surface area (Å²) in [5, 5.41) is 0. The normalized spacial score (nSPS) is 10.7. The number of rotatable bonds is 5. The zero-order valence-electron chi connectivity index (χ0n) is 9.92. The predicted octanol–water partition coefficient (Wildman–Crippen LogP) is 3.39. The third-order valence-electron chi connectivity index (χ3n) is 2.51. The number of nitrogen functional groups attached to an aromatic ring is 1. The van der Waals surface area contributed by atoms with E-state index in [1.807, 2.05) is 25.1 Å². The van der Waals surface area contributed by atoms with E-state index in [9.17, 15) is 0 Å². The van der Waals surface area contributed by atoms with Gasteiger partial charge >= 0.3 is 0 Å². The van der Waals surface area contributed by atoms with Crippen molar-refractivity contribution in [2.24, 2.45) is 5.92 Å². The maximum absolute atomic E-state index is 5.79. The fourth-order valence-corrected chi connectivity index (χ4v) is 1.46. The van der Waals surface area contributed by atoms with E-state index in [1.165, 1.54) is 6.42 Å². The van der Waals surface area contributed by atoms with E-state index in [0.717, 1.165) is 35.9 Å². The molecular formula is C13H21NO. The largest absolute Gasteiger partial charge is 0.493 e. The SMILES string of the molecule is Cc1c(N)cccc1OCCCC(C)C. The topological polar surface area (TPSA) is 35.2 Å². The number of ether oxygens (including phenoxy) is 1. The molecule has 2 heteroatoms. The highest BCUT2D eigenvalue weighted by atomic mass is 16.5. The Morgan fingerprint density at radius 3 is 2.73 bits per heavy atom. The molecule has 0 aromatic heterocycles. The molecule has 0 atom stereocenters. The fourth-order valence-electron chi connectivity index (χ4n) is 1.46. The zero-order valence-corrected chi connectivity index (χ0v) is 9.92. The first-order chi connectivity index (χ1) is 7.11.